The van der Waals surface area contributed by atoms with Crippen molar-refractivity contribution in [3.8, 4) is 6.07 Å². The molecule has 1 saturated carbocycles. The number of aliphatic hydroxyl groups excluding tert-OH is 1. The maximum absolute atomic E-state index is 11.6. The second kappa shape index (κ2) is 14.1. The second-order valence-corrected chi connectivity index (χ2v) is 9.70. The Morgan fingerprint density at radius 2 is 2.06 bits per heavy atom. The van der Waals surface area contributed by atoms with Crippen LogP contribution in [0.15, 0.2) is 24.3 Å². The Labute approximate surface area is 209 Å². The molecule has 1 aliphatic carbocycles. The van der Waals surface area contributed by atoms with E-state index in [9.17, 15) is 14.7 Å². The van der Waals surface area contributed by atoms with Crippen LogP contribution in [0.1, 0.15) is 61.9 Å². The van der Waals surface area contributed by atoms with E-state index in [0.29, 0.717) is 43.1 Å². The maximum Gasteiger partial charge on any atom is 0.251 e. The topological polar surface area (TPSA) is 126 Å². The minimum Gasteiger partial charge on any atom is -0.365 e. The van der Waals surface area contributed by atoms with Gasteiger partial charge in [-0.15, -0.1) is 0 Å². The Bertz CT molecular complexity index is 840. The fourth-order valence-electron chi connectivity index (χ4n) is 4.69. The Morgan fingerprint density at radius 3 is 2.60 bits per heavy atom. The summed E-state index contributed by atoms with van der Waals surface area (Å²) in [5, 5.41) is 21.6. The van der Waals surface area contributed by atoms with Gasteiger partial charge in [-0.2, -0.15) is 5.26 Å². The third-order valence-electron chi connectivity index (χ3n) is 6.69. The van der Waals surface area contributed by atoms with Crippen molar-refractivity contribution < 1.29 is 14.7 Å². The lowest BCUT2D eigenvalue weighted by Gasteiger charge is -2.28. The van der Waals surface area contributed by atoms with Crippen LogP contribution in [0.4, 0.5) is 0 Å². The minimum atomic E-state index is -0.605. The first-order chi connectivity index (χ1) is 16.7. The predicted molar refractivity (Wildman–Crippen MR) is 136 cm³/mol. The molecule has 2 amide bonds. The molecule has 1 aromatic rings. The molecule has 0 bridgehead atoms. The zero-order valence-corrected chi connectivity index (χ0v) is 21.6. The second-order valence-electron chi connectivity index (χ2n) is 9.70. The summed E-state index contributed by atoms with van der Waals surface area (Å²) in [5.74, 6) is 0.500. The third kappa shape index (κ3) is 8.58. The number of hydrogen-bond donors (Lipinski definition) is 3. The average Bonchev–Trinajstić information content (AvgIpc) is 3.58. The van der Waals surface area contributed by atoms with E-state index in [-0.39, 0.29) is 11.9 Å². The van der Waals surface area contributed by atoms with Crippen LogP contribution in [-0.2, 0) is 11.3 Å². The summed E-state index contributed by atoms with van der Waals surface area (Å²) in [6.07, 6.45) is 5.02. The minimum absolute atomic E-state index is 0.0358. The lowest BCUT2D eigenvalue weighted by atomic mass is 10.1. The Morgan fingerprint density at radius 1 is 1.37 bits per heavy atom. The molecule has 0 aromatic heterocycles. The first-order valence-electron chi connectivity index (χ1n) is 12.5. The zero-order chi connectivity index (χ0) is 26.0. The summed E-state index contributed by atoms with van der Waals surface area (Å²) < 4.78 is 0. The fraction of sp³-hybridized carbons (Fsp3) is 0.654. The van der Waals surface area contributed by atoms with Crippen LogP contribution in [0.25, 0.3) is 0 Å². The van der Waals surface area contributed by atoms with Crippen molar-refractivity contribution in [2.45, 2.75) is 77.0 Å². The van der Waals surface area contributed by atoms with Gasteiger partial charge in [-0.25, -0.2) is 0 Å². The molecule has 0 radical (unpaired) electrons. The molecule has 2 aliphatic rings. The first-order valence-corrected chi connectivity index (χ1v) is 12.5. The van der Waals surface area contributed by atoms with Crippen molar-refractivity contribution >= 4 is 12.3 Å². The van der Waals surface area contributed by atoms with Crippen molar-refractivity contribution in [3.05, 3.63) is 35.4 Å². The van der Waals surface area contributed by atoms with Gasteiger partial charge < -0.3 is 21.1 Å². The quantitative estimate of drug-likeness (QED) is 0.407. The van der Waals surface area contributed by atoms with Gasteiger partial charge in [-0.3, -0.25) is 19.4 Å². The number of nitrogens with zero attached hydrogens (tertiary/aromatic N) is 4. The molecule has 194 valence electrons. The van der Waals surface area contributed by atoms with Gasteiger partial charge in [0.05, 0.1) is 6.07 Å². The number of rotatable bonds is 11. The lowest BCUT2D eigenvalue weighted by Crippen LogP contribution is -2.43. The molecule has 2 fully saturated rings. The Balaban J connectivity index is 0.000000328. The average molecular weight is 487 g/mol. The van der Waals surface area contributed by atoms with Crippen LogP contribution < -0.4 is 11.1 Å². The van der Waals surface area contributed by atoms with Gasteiger partial charge in [0.25, 0.3) is 5.91 Å². The highest BCUT2D eigenvalue weighted by molar-refractivity contribution is 5.93. The molecule has 0 spiro atoms. The van der Waals surface area contributed by atoms with Crippen molar-refractivity contribution in [3.63, 3.8) is 0 Å². The van der Waals surface area contributed by atoms with Gasteiger partial charge in [-0.05, 0) is 49.8 Å². The van der Waals surface area contributed by atoms with Crippen LogP contribution in [0.5, 0.6) is 0 Å². The van der Waals surface area contributed by atoms with Crippen LogP contribution >= 0.6 is 0 Å². The maximum atomic E-state index is 11.6. The number of nitrogens with two attached hydrogens (primary N) is 1. The summed E-state index contributed by atoms with van der Waals surface area (Å²) in [7, 11) is 3.42. The van der Waals surface area contributed by atoms with Gasteiger partial charge >= 0.3 is 0 Å². The highest BCUT2D eigenvalue weighted by atomic mass is 16.3. The predicted octanol–water partition coefficient (Wildman–Crippen LogP) is 1.72. The number of hydrogen-bond acceptors (Lipinski definition) is 7. The standard InChI is InChI=1S/C18H30N4O2.C8H12N2O/c1-4-5-16-12-21(10-13(2)19)18(24)22(16)11-14-6-8-15(9-7-14)17(23)20-3;1-10(6-11)8-5-7(8)3-2-4-9/h6-9,13,16,18,24H,4-5,10-12,19H2,1-3H3,(H,20,23);6-8H,2-3,5H2,1H3/t13?,16-,18?;/m0./s1. The monoisotopic (exact) mass is 486 g/mol. The molecule has 35 heavy (non-hydrogen) atoms. The van der Waals surface area contributed by atoms with Crippen LogP contribution in [0.2, 0.25) is 0 Å². The fourth-order valence-corrected chi connectivity index (χ4v) is 4.69. The van der Waals surface area contributed by atoms with Crippen molar-refractivity contribution in [1.29, 1.82) is 5.26 Å². The van der Waals surface area contributed by atoms with Crippen LogP contribution in [-0.4, -0.2) is 83.8 Å². The number of carbonyl (C=O) groups is 2. The van der Waals surface area contributed by atoms with Crippen LogP contribution in [0, 0.1) is 17.2 Å². The number of benzene rings is 1. The number of aliphatic hydroxyl groups is 1. The normalized spacial score (nSPS) is 24.6. The third-order valence-corrected chi connectivity index (χ3v) is 6.69. The van der Waals surface area contributed by atoms with Gasteiger partial charge in [0.15, 0.2) is 6.35 Å². The molecule has 5 atom stereocenters. The molecular weight excluding hydrogens is 444 g/mol. The number of nitrogens with one attached hydrogen (secondary N) is 1. The van der Waals surface area contributed by atoms with Gasteiger partial charge in [0, 0.05) is 63.8 Å². The molecule has 1 aliphatic heterocycles. The highest BCUT2D eigenvalue weighted by Crippen LogP contribution is 2.37. The van der Waals surface area contributed by atoms with Gasteiger partial charge in [0.2, 0.25) is 6.41 Å². The molecule has 1 aromatic carbocycles. The largest absolute Gasteiger partial charge is 0.365 e. The van der Waals surface area contributed by atoms with E-state index in [4.69, 9.17) is 11.0 Å². The van der Waals surface area contributed by atoms with Gasteiger partial charge in [0.1, 0.15) is 0 Å². The van der Waals surface area contributed by atoms with Crippen LogP contribution in [0.3, 0.4) is 0 Å². The Hall–Kier alpha value is -2.51. The molecular formula is C26H42N6O3. The van der Waals surface area contributed by atoms with E-state index in [1.165, 1.54) is 0 Å². The molecule has 4 N–H and O–H groups in total. The van der Waals surface area contributed by atoms with E-state index in [0.717, 1.165) is 44.2 Å². The lowest BCUT2D eigenvalue weighted by molar-refractivity contribution is -0.117. The highest BCUT2D eigenvalue weighted by Gasteiger charge is 2.39. The number of carbonyl (C=O) groups excluding carboxylic acids is 2. The smallest absolute Gasteiger partial charge is 0.251 e. The molecule has 3 rings (SSSR count). The first kappa shape index (κ1) is 28.7. The van der Waals surface area contributed by atoms with E-state index < -0.39 is 6.35 Å². The molecule has 4 unspecified atom stereocenters. The number of nitriles is 1. The van der Waals surface area contributed by atoms with E-state index in [1.54, 1.807) is 19.0 Å². The molecule has 9 nitrogen and oxygen atoms in total. The molecule has 9 heteroatoms. The van der Waals surface area contributed by atoms with E-state index in [1.807, 2.05) is 36.1 Å². The molecule has 1 saturated heterocycles. The van der Waals surface area contributed by atoms with Crippen molar-refractivity contribution in [2.75, 3.05) is 27.2 Å². The zero-order valence-electron chi connectivity index (χ0n) is 21.6. The SMILES string of the molecule is CCC[C@H]1CN(CC(C)N)C(O)N1Cc1ccc(C(=O)NC)cc1.CN(C=O)C1CC1CCC#N. The van der Waals surface area contributed by atoms with E-state index >= 15 is 0 Å². The summed E-state index contributed by atoms with van der Waals surface area (Å²) in [6, 6.07) is 10.4. The van der Waals surface area contributed by atoms with Gasteiger partial charge in [-0.1, -0.05) is 25.5 Å². The Kier molecular flexibility index (Phi) is 11.6. The van der Waals surface area contributed by atoms with Crippen molar-refractivity contribution in [1.82, 2.24) is 20.0 Å². The van der Waals surface area contributed by atoms with E-state index in [2.05, 4.69) is 23.2 Å². The molecule has 1 heterocycles. The summed E-state index contributed by atoms with van der Waals surface area (Å²) in [5.41, 5.74) is 7.63. The number of amides is 2. The summed E-state index contributed by atoms with van der Waals surface area (Å²) in [6.45, 7) is 6.31. The summed E-state index contributed by atoms with van der Waals surface area (Å²) in [4.78, 5) is 27.8. The summed E-state index contributed by atoms with van der Waals surface area (Å²) >= 11 is 0. The van der Waals surface area contributed by atoms with Crippen molar-refractivity contribution in [2.24, 2.45) is 11.7 Å².